The van der Waals surface area contributed by atoms with Crippen molar-refractivity contribution in [3.8, 4) is 28.7 Å². The number of phenols is 3. The summed E-state index contributed by atoms with van der Waals surface area (Å²) in [7, 11) is 7.99. The van der Waals surface area contributed by atoms with Crippen molar-refractivity contribution in [3.63, 3.8) is 0 Å². The van der Waals surface area contributed by atoms with Crippen molar-refractivity contribution in [2.24, 2.45) is 5.92 Å². The first kappa shape index (κ1) is 49.8. The lowest BCUT2D eigenvalue weighted by Gasteiger charge is -2.18. The van der Waals surface area contributed by atoms with E-state index in [2.05, 4.69) is 15.5 Å². The zero-order valence-electron chi connectivity index (χ0n) is 40.0. The minimum Gasteiger partial charge on any atom is -0.508 e. The Morgan fingerprint density at radius 2 is 0.814 bits per heavy atom. The molecule has 1 aliphatic rings. The average Bonchev–Trinajstić information content (AvgIpc) is 4.21. The molecule has 5 N–H and O–H groups in total. The molecule has 1 aliphatic carbocycles. The van der Waals surface area contributed by atoms with Crippen LogP contribution in [0.3, 0.4) is 0 Å². The van der Waals surface area contributed by atoms with Crippen molar-refractivity contribution in [2.75, 3.05) is 65.1 Å². The van der Waals surface area contributed by atoms with Gasteiger partial charge in [0.05, 0.1) is 11.1 Å². The molecule has 70 heavy (non-hydrogen) atoms. The molecule has 1 saturated carbocycles. The predicted molar refractivity (Wildman–Crippen MR) is 281 cm³/mol. The molecule has 8 rings (SSSR count). The van der Waals surface area contributed by atoms with E-state index in [0.29, 0.717) is 52.8 Å². The predicted octanol–water partition coefficient (Wildman–Crippen LogP) is 10.9. The zero-order chi connectivity index (χ0) is 49.4. The quantitative estimate of drug-likeness (QED) is 0.0420. The summed E-state index contributed by atoms with van der Waals surface area (Å²) in [5, 5.41) is 35.6. The van der Waals surface area contributed by atoms with E-state index in [4.69, 9.17) is 9.47 Å². The van der Waals surface area contributed by atoms with Crippen LogP contribution in [0.4, 0.5) is 11.4 Å². The number of carbonyl (C=O) groups is 2. The molecule has 1 fully saturated rings. The van der Waals surface area contributed by atoms with E-state index in [9.17, 15) is 24.9 Å². The number of allylic oxidation sites excluding steroid dienone is 1. The van der Waals surface area contributed by atoms with Gasteiger partial charge < -0.3 is 45.2 Å². The molecule has 0 atom stereocenters. The fourth-order valence-corrected chi connectivity index (χ4v) is 7.66. The summed E-state index contributed by atoms with van der Waals surface area (Å²) < 4.78 is 11.5. The van der Waals surface area contributed by atoms with Gasteiger partial charge in [-0.25, -0.2) is 0 Å². The van der Waals surface area contributed by atoms with Gasteiger partial charge in [-0.2, -0.15) is 0 Å². The first-order valence-corrected chi connectivity index (χ1v) is 23.3. The number of nitrogens with zero attached hydrogens (tertiary/aromatic N) is 2. The van der Waals surface area contributed by atoms with E-state index in [1.54, 1.807) is 72.8 Å². The second kappa shape index (κ2) is 24.2. The molecule has 0 radical (unpaired) electrons. The van der Waals surface area contributed by atoms with Crippen molar-refractivity contribution in [2.45, 2.75) is 12.8 Å². The van der Waals surface area contributed by atoms with Crippen LogP contribution in [-0.2, 0) is 9.59 Å². The van der Waals surface area contributed by atoms with Crippen LogP contribution in [0.1, 0.15) is 40.7 Å². The number of ether oxygens (including phenoxy) is 2. The number of amides is 2. The smallest absolute Gasteiger partial charge is 0.256 e. The third-order valence-corrected chi connectivity index (χ3v) is 11.4. The number of aromatic hydroxyl groups is 3. The van der Waals surface area contributed by atoms with Crippen LogP contribution in [0.25, 0.3) is 22.3 Å². The second-order valence-electron chi connectivity index (χ2n) is 17.4. The van der Waals surface area contributed by atoms with Gasteiger partial charge in [0, 0.05) is 30.0 Å². The van der Waals surface area contributed by atoms with Crippen molar-refractivity contribution >= 4 is 45.5 Å². The number of rotatable bonds is 18. The standard InChI is InChI=1S/C31H30N2O4.C28H30N2O3/c1-33(2)20-21-37-28-18-12-25(13-19-28)32-31(36)30(24-10-16-27(35)17-11-24)29(22-6-4-3-5-7-22)23-8-14-26(34)15-9-23;1-30(2)18-19-33-25-16-12-23(13-17-25)29-28(32)27(20-6-4-3-5-7-20)26(21-8-9-21)22-10-14-24(31)15-11-22/h3-19,34-35H,20-21H2,1-2H3,(H,32,36);3-7,10-17,21,31H,8-9,18-19H2,1-2H3,(H,29,32)/b30-29-;27-26+. The highest BCUT2D eigenvalue weighted by Gasteiger charge is 2.32. The molecule has 0 bridgehead atoms. The lowest BCUT2D eigenvalue weighted by Crippen LogP contribution is -2.19. The number of phenolic OH excluding ortho intramolecular Hbond substituents is 3. The maximum absolute atomic E-state index is 13.9. The van der Waals surface area contributed by atoms with E-state index in [1.165, 1.54) is 0 Å². The Morgan fingerprint density at radius 3 is 1.23 bits per heavy atom. The number of benzene rings is 7. The van der Waals surface area contributed by atoms with Crippen molar-refractivity contribution < 1.29 is 34.4 Å². The van der Waals surface area contributed by atoms with Crippen LogP contribution in [0.15, 0.2) is 182 Å². The van der Waals surface area contributed by atoms with Gasteiger partial charge in [0.1, 0.15) is 42.0 Å². The third kappa shape index (κ3) is 14.2. The molecule has 2 amide bonds. The van der Waals surface area contributed by atoms with Crippen LogP contribution >= 0.6 is 0 Å². The van der Waals surface area contributed by atoms with E-state index < -0.39 is 0 Å². The normalized spacial score (nSPS) is 12.8. The van der Waals surface area contributed by atoms with E-state index in [1.807, 2.05) is 142 Å². The third-order valence-electron chi connectivity index (χ3n) is 11.4. The van der Waals surface area contributed by atoms with Gasteiger partial charge in [-0.05, 0) is 165 Å². The average molecular weight is 937 g/mol. The van der Waals surface area contributed by atoms with Crippen LogP contribution in [-0.4, -0.2) is 91.4 Å². The minimum absolute atomic E-state index is 0.110. The maximum Gasteiger partial charge on any atom is 0.256 e. The molecule has 358 valence electrons. The molecule has 0 spiro atoms. The summed E-state index contributed by atoms with van der Waals surface area (Å²) in [6.45, 7) is 2.82. The van der Waals surface area contributed by atoms with Crippen molar-refractivity contribution in [1.82, 2.24) is 9.80 Å². The topological polar surface area (TPSA) is 144 Å². The zero-order valence-corrected chi connectivity index (χ0v) is 40.0. The number of nitrogens with one attached hydrogen (secondary N) is 2. The van der Waals surface area contributed by atoms with Gasteiger partial charge in [-0.1, -0.05) is 97.1 Å². The van der Waals surface area contributed by atoms with E-state index >= 15 is 0 Å². The summed E-state index contributed by atoms with van der Waals surface area (Å²) in [6, 6.07) is 54.6. The molecule has 0 aliphatic heterocycles. The minimum atomic E-state index is -0.307. The Morgan fingerprint density at radius 1 is 0.457 bits per heavy atom. The Balaban J connectivity index is 0.000000208. The van der Waals surface area contributed by atoms with Crippen LogP contribution in [0.2, 0.25) is 0 Å². The lowest BCUT2D eigenvalue weighted by molar-refractivity contribution is -0.111. The Labute approximate surface area is 410 Å². The van der Waals surface area contributed by atoms with Crippen LogP contribution < -0.4 is 20.1 Å². The van der Waals surface area contributed by atoms with Gasteiger partial charge in [0.25, 0.3) is 11.8 Å². The van der Waals surface area contributed by atoms with Gasteiger partial charge in [0.2, 0.25) is 0 Å². The van der Waals surface area contributed by atoms with Gasteiger partial charge in [-0.3, -0.25) is 9.59 Å². The Kier molecular flexibility index (Phi) is 17.2. The summed E-state index contributed by atoms with van der Waals surface area (Å²) in [4.78, 5) is 31.6. The Bertz CT molecular complexity index is 2840. The highest BCUT2D eigenvalue weighted by atomic mass is 16.5. The molecule has 11 heteroatoms. The summed E-state index contributed by atoms with van der Waals surface area (Å²) in [6.07, 6.45) is 2.11. The lowest BCUT2D eigenvalue weighted by atomic mass is 9.89. The first-order valence-electron chi connectivity index (χ1n) is 23.3. The molecular formula is C59H60N4O7. The van der Waals surface area contributed by atoms with E-state index in [0.717, 1.165) is 65.3 Å². The number of hydrogen-bond donors (Lipinski definition) is 5. The van der Waals surface area contributed by atoms with Gasteiger partial charge >= 0.3 is 0 Å². The molecule has 11 nitrogen and oxygen atoms in total. The van der Waals surface area contributed by atoms with Gasteiger partial charge in [-0.15, -0.1) is 0 Å². The van der Waals surface area contributed by atoms with Gasteiger partial charge in [0.15, 0.2) is 0 Å². The molecular weight excluding hydrogens is 877 g/mol. The van der Waals surface area contributed by atoms with Crippen molar-refractivity contribution in [1.29, 1.82) is 0 Å². The van der Waals surface area contributed by atoms with E-state index in [-0.39, 0.29) is 29.1 Å². The molecule has 7 aromatic carbocycles. The van der Waals surface area contributed by atoms with Crippen LogP contribution in [0.5, 0.6) is 28.7 Å². The SMILES string of the molecule is CN(C)CCOc1ccc(NC(=O)/C(=C(/c2ccc(O)cc2)C2CC2)c2ccccc2)cc1.CN(C)CCOc1ccc(NC(=O)/C(=C(/c2ccccc2)c2ccc(O)cc2)c2ccc(O)cc2)cc1. The van der Waals surface area contributed by atoms with Crippen LogP contribution in [0, 0.1) is 5.92 Å². The molecule has 0 aromatic heterocycles. The summed E-state index contributed by atoms with van der Waals surface area (Å²) >= 11 is 0. The summed E-state index contributed by atoms with van der Waals surface area (Å²) in [5.41, 5.74) is 8.29. The fraction of sp³-hybridized carbons (Fsp3) is 0.186. The maximum atomic E-state index is 13.9. The molecule has 7 aromatic rings. The largest absolute Gasteiger partial charge is 0.508 e. The van der Waals surface area contributed by atoms with Crippen molar-refractivity contribution in [3.05, 3.63) is 210 Å². The number of carbonyl (C=O) groups excluding carboxylic acids is 2. The Hall–Kier alpha value is -8.12. The second-order valence-corrected chi connectivity index (χ2v) is 17.4. The highest BCUT2D eigenvalue weighted by molar-refractivity contribution is 6.33. The first-order chi connectivity index (χ1) is 33.9. The number of likely N-dealkylation sites (N-methyl/N-ethyl adjacent to an activating group) is 2. The number of anilines is 2. The monoisotopic (exact) mass is 936 g/mol. The number of hydrogen-bond acceptors (Lipinski definition) is 9. The highest BCUT2D eigenvalue weighted by Crippen LogP contribution is 2.46. The fourth-order valence-electron chi connectivity index (χ4n) is 7.66. The molecule has 0 unspecified atom stereocenters. The molecule has 0 heterocycles. The molecule has 0 saturated heterocycles. The summed E-state index contributed by atoms with van der Waals surface area (Å²) in [5.74, 6) is 1.85.